The average molecular weight is 363 g/mol. The van der Waals surface area contributed by atoms with Crippen LogP contribution in [0.2, 0.25) is 0 Å². The molecule has 1 aromatic carbocycles. The molecule has 0 fully saturated rings. The third-order valence-corrected chi connectivity index (χ3v) is 4.53. The largest absolute Gasteiger partial charge is 0.220 e. The minimum absolute atomic E-state index is 0.359. The third kappa shape index (κ3) is 3.35. The molecule has 0 aliphatic heterocycles. The minimum Gasteiger partial charge on any atom is -0.220 e. The van der Waals surface area contributed by atoms with Crippen LogP contribution >= 0.6 is 0 Å². The smallest absolute Gasteiger partial charge is 0.0859 e. The molecule has 0 saturated heterocycles. The fourth-order valence-electron chi connectivity index (χ4n) is 2.76. The van der Waals surface area contributed by atoms with E-state index < -0.39 is 0 Å². The van der Waals surface area contributed by atoms with Crippen LogP contribution in [0.25, 0.3) is 17.1 Å². The number of nitrogens with zero attached hydrogens (tertiary/aromatic N) is 9. The number of rotatable bonds is 5. The lowest BCUT2D eigenvalue weighted by Crippen LogP contribution is -2.04. The van der Waals surface area contributed by atoms with Crippen molar-refractivity contribution in [3.63, 3.8) is 0 Å². The number of aryl methyl sites for hydroxylation is 2. The Morgan fingerprint density at radius 1 is 0.741 bits per heavy atom. The SMILES string of the molecule is CCC(C)c1cn(-c2cc(-n3cc(C)nn3)cc(-n3cc(C)nn3)c2)nn1. The van der Waals surface area contributed by atoms with E-state index >= 15 is 0 Å². The predicted octanol–water partition coefficient (Wildman–Crippen LogP) is 2.56. The first-order chi connectivity index (χ1) is 13.0. The van der Waals surface area contributed by atoms with Crippen LogP contribution in [0.15, 0.2) is 36.8 Å². The van der Waals surface area contributed by atoms with E-state index in [1.54, 1.807) is 14.0 Å². The van der Waals surface area contributed by atoms with Crippen molar-refractivity contribution in [2.24, 2.45) is 0 Å². The van der Waals surface area contributed by atoms with E-state index in [-0.39, 0.29) is 0 Å². The van der Waals surface area contributed by atoms with E-state index in [9.17, 15) is 0 Å². The van der Waals surface area contributed by atoms with E-state index in [0.717, 1.165) is 40.6 Å². The van der Waals surface area contributed by atoms with Gasteiger partial charge in [0, 0.05) is 5.92 Å². The molecule has 0 saturated carbocycles. The van der Waals surface area contributed by atoms with Crippen LogP contribution in [-0.4, -0.2) is 45.0 Å². The standard InChI is InChI=1S/C18H21N9/c1-5-12(2)18-11-27(24-21-18)17-7-15(25-9-13(3)19-22-25)6-16(8-17)26-10-14(4)20-23-26/h6-12H,5H2,1-4H3. The molecule has 4 aromatic rings. The molecular formula is C18H21N9. The van der Waals surface area contributed by atoms with Gasteiger partial charge in [-0.1, -0.05) is 29.5 Å². The Balaban J connectivity index is 1.84. The first-order valence-corrected chi connectivity index (χ1v) is 8.90. The van der Waals surface area contributed by atoms with E-state index in [1.165, 1.54) is 0 Å². The summed E-state index contributed by atoms with van der Waals surface area (Å²) in [6.07, 6.45) is 6.74. The maximum Gasteiger partial charge on any atom is 0.0859 e. The second-order valence-corrected chi connectivity index (χ2v) is 6.71. The minimum atomic E-state index is 0.359. The zero-order valence-corrected chi connectivity index (χ0v) is 15.8. The fourth-order valence-corrected chi connectivity index (χ4v) is 2.76. The number of benzene rings is 1. The van der Waals surface area contributed by atoms with Crippen LogP contribution < -0.4 is 0 Å². The van der Waals surface area contributed by atoms with Crippen LogP contribution in [0, 0.1) is 13.8 Å². The summed E-state index contributed by atoms with van der Waals surface area (Å²) in [7, 11) is 0. The Kier molecular flexibility index (Phi) is 4.27. The van der Waals surface area contributed by atoms with Crippen molar-refractivity contribution in [1.29, 1.82) is 0 Å². The first kappa shape index (κ1) is 17.1. The molecule has 138 valence electrons. The first-order valence-electron chi connectivity index (χ1n) is 8.90. The Labute approximate surface area is 156 Å². The molecule has 9 nitrogen and oxygen atoms in total. The molecule has 3 aromatic heterocycles. The van der Waals surface area contributed by atoms with Crippen molar-refractivity contribution in [1.82, 2.24) is 45.0 Å². The van der Waals surface area contributed by atoms with Crippen molar-refractivity contribution in [2.75, 3.05) is 0 Å². The van der Waals surface area contributed by atoms with Gasteiger partial charge in [-0.25, -0.2) is 14.0 Å². The summed E-state index contributed by atoms with van der Waals surface area (Å²) in [4.78, 5) is 0. The Morgan fingerprint density at radius 2 is 1.19 bits per heavy atom. The Bertz CT molecular complexity index is 1010. The van der Waals surface area contributed by atoms with Gasteiger partial charge in [0.2, 0.25) is 0 Å². The summed E-state index contributed by atoms with van der Waals surface area (Å²) in [5.74, 6) is 0.359. The van der Waals surface area contributed by atoms with Crippen molar-refractivity contribution in [3.8, 4) is 17.1 Å². The number of aromatic nitrogens is 9. The number of hydrogen-bond acceptors (Lipinski definition) is 6. The molecule has 4 rings (SSSR count). The lowest BCUT2D eigenvalue weighted by molar-refractivity contribution is 0.700. The molecule has 0 bridgehead atoms. The highest BCUT2D eigenvalue weighted by molar-refractivity contribution is 5.52. The van der Waals surface area contributed by atoms with Gasteiger partial charge in [0.05, 0.1) is 52.7 Å². The molecule has 0 amide bonds. The highest BCUT2D eigenvalue weighted by atomic mass is 15.4. The zero-order valence-electron chi connectivity index (χ0n) is 15.8. The van der Waals surface area contributed by atoms with Crippen LogP contribution in [0.5, 0.6) is 0 Å². The molecule has 3 heterocycles. The maximum absolute atomic E-state index is 4.32. The van der Waals surface area contributed by atoms with Crippen molar-refractivity contribution in [2.45, 2.75) is 40.0 Å². The summed E-state index contributed by atoms with van der Waals surface area (Å²) >= 11 is 0. The van der Waals surface area contributed by atoms with E-state index in [2.05, 4.69) is 44.8 Å². The van der Waals surface area contributed by atoms with Gasteiger partial charge in [0.1, 0.15) is 0 Å². The van der Waals surface area contributed by atoms with Gasteiger partial charge in [-0.15, -0.1) is 15.3 Å². The Morgan fingerprint density at radius 3 is 1.59 bits per heavy atom. The normalized spacial score (nSPS) is 12.4. The third-order valence-electron chi connectivity index (χ3n) is 4.53. The van der Waals surface area contributed by atoms with Gasteiger partial charge in [-0.2, -0.15) is 0 Å². The zero-order chi connectivity index (χ0) is 19.0. The summed E-state index contributed by atoms with van der Waals surface area (Å²) in [6.45, 7) is 8.10. The molecule has 0 radical (unpaired) electrons. The molecule has 0 aliphatic rings. The maximum atomic E-state index is 4.32. The van der Waals surface area contributed by atoms with E-state index in [1.807, 2.05) is 50.6 Å². The molecule has 0 aliphatic carbocycles. The lowest BCUT2D eigenvalue weighted by atomic mass is 10.1. The van der Waals surface area contributed by atoms with Crippen LogP contribution in [0.1, 0.15) is 43.3 Å². The predicted molar refractivity (Wildman–Crippen MR) is 99.4 cm³/mol. The highest BCUT2D eigenvalue weighted by Crippen LogP contribution is 2.22. The van der Waals surface area contributed by atoms with Crippen LogP contribution in [-0.2, 0) is 0 Å². The second kappa shape index (κ2) is 6.75. The van der Waals surface area contributed by atoms with Gasteiger partial charge in [0.25, 0.3) is 0 Å². The number of hydrogen-bond donors (Lipinski definition) is 0. The monoisotopic (exact) mass is 363 g/mol. The molecule has 1 atom stereocenters. The van der Waals surface area contributed by atoms with Crippen molar-refractivity contribution in [3.05, 3.63) is 53.9 Å². The molecule has 1 unspecified atom stereocenters. The van der Waals surface area contributed by atoms with Crippen molar-refractivity contribution < 1.29 is 0 Å². The molecule has 9 heteroatoms. The van der Waals surface area contributed by atoms with Gasteiger partial charge >= 0.3 is 0 Å². The van der Waals surface area contributed by atoms with E-state index in [4.69, 9.17) is 0 Å². The molecular weight excluding hydrogens is 342 g/mol. The quantitative estimate of drug-likeness (QED) is 0.541. The molecule has 0 N–H and O–H groups in total. The molecule has 0 spiro atoms. The van der Waals surface area contributed by atoms with Gasteiger partial charge < -0.3 is 0 Å². The lowest BCUT2D eigenvalue weighted by Gasteiger charge is -2.09. The van der Waals surface area contributed by atoms with Crippen LogP contribution in [0.4, 0.5) is 0 Å². The topological polar surface area (TPSA) is 92.1 Å². The summed E-state index contributed by atoms with van der Waals surface area (Å²) in [5.41, 5.74) is 5.24. The fraction of sp³-hybridized carbons (Fsp3) is 0.333. The second-order valence-electron chi connectivity index (χ2n) is 6.71. The summed E-state index contributed by atoms with van der Waals surface area (Å²) in [5, 5.41) is 25.2. The van der Waals surface area contributed by atoms with Gasteiger partial charge in [-0.3, -0.25) is 0 Å². The van der Waals surface area contributed by atoms with Gasteiger partial charge in [0.15, 0.2) is 0 Å². The van der Waals surface area contributed by atoms with E-state index in [0.29, 0.717) is 5.92 Å². The molecule has 27 heavy (non-hydrogen) atoms. The average Bonchev–Trinajstić information content (AvgIpc) is 3.41. The Hall–Kier alpha value is -3.36. The van der Waals surface area contributed by atoms with Crippen LogP contribution in [0.3, 0.4) is 0 Å². The summed E-state index contributed by atoms with van der Waals surface area (Å²) < 4.78 is 5.25. The van der Waals surface area contributed by atoms with Gasteiger partial charge in [-0.05, 0) is 38.5 Å². The highest BCUT2D eigenvalue weighted by Gasteiger charge is 2.12. The summed E-state index contributed by atoms with van der Waals surface area (Å²) in [6, 6.07) is 5.98. The van der Waals surface area contributed by atoms with Crippen molar-refractivity contribution >= 4 is 0 Å².